The van der Waals surface area contributed by atoms with Gasteiger partial charge in [0, 0.05) is 19.3 Å². The van der Waals surface area contributed by atoms with Crippen molar-refractivity contribution in [2.24, 2.45) is 5.92 Å². The Morgan fingerprint density at radius 2 is 2.12 bits per heavy atom. The maximum absolute atomic E-state index is 12.8. The zero-order chi connectivity index (χ0) is 12.1. The molecule has 1 fully saturated rings. The third kappa shape index (κ3) is 3.70. The van der Waals surface area contributed by atoms with E-state index in [4.69, 9.17) is 0 Å². The Hall–Kier alpha value is -1.09. The third-order valence-electron chi connectivity index (χ3n) is 3.54. The summed E-state index contributed by atoms with van der Waals surface area (Å²) in [5.41, 5.74) is 1.09. The number of rotatable bonds is 5. The third-order valence-corrected chi connectivity index (χ3v) is 3.54. The quantitative estimate of drug-likeness (QED) is 0.845. The van der Waals surface area contributed by atoms with Crippen molar-refractivity contribution in [2.45, 2.75) is 19.3 Å². The van der Waals surface area contributed by atoms with E-state index in [9.17, 15) is 4.39 Å². The van der Waals surface area contributed by atoms with E-state index in [0.717, 1.165) is 18.2 Å². The summed E-state index contributed by atoms with van der Waals surface area (Å²) >= 11 is 0. The Balaban J connectivity index is 1.72. The summed E-state index contributed by atoms with van der Waals surface area (Å²) in [5, 5.41) is 3.39. The summed E-state index contributed by atoms with van der Waals surface area (Å²) in [6.45, 7) is 3.40. The van der Waals surface area contributed by atoms with Crippen molar-refractivity contribution in [3.8, 4) is 0 Å². The lowest BCUT2D eigenvalue weighted by Gasteiger charge is -2.20. The normalized spacial score (nSPS) is 19.5. The number of benzene rings is 1. The molecule has 17 heavy (non-hydrogen) atoms. The Labute approximate surface area is 103 Å². The topological polar surface area (TPSA) is 15.3 Å². The summed E-state index contributed by atoms with van der Waals surface area (Å²) < 4.78 is 12.8. The van der Waals surface area contributed by atoms with Crippen molar-refractivity contribution in [1.82, 2.24) is 5.32 Å². The van der Waals surface area contributed by atoms with E-state index >= 15 is 0 Å². The van der Waals surface area contributed by atoms with Gasteiger partial charge in [-0.25, -0.2) is 4.39 Å². The van der Waals surface area contributed by atoms with Crippen LogP contribution < -0.4 is 10.2 Å². The summed E-state index contributed by atoms with van der Waals surface area (Å²) in [4.78, 5) is 2.20. The van der Waals surface area contributed by atoms with E-state index in [2.05, 4.69) is 17.3 Å². The van der Waals surface area contributed by atoms with Crippen molar-refractivity contribution in [3.63, 3.8) is 0 Å². The summed E-state index contributed by atoms with van der Waals surface area (Å²) in [6.07, 6.45) is 3.82. The van der Waals surface area contributed by atoms with Crippen LogP contribution in [0.5, 0.6) is 0 Å². The molecule has 1 unspecified atom stereocenters. The molecule has 0 spiro atoms. The van der Waals surface area contributed by atoms with E-state index in [1.165, 1.54) is 44.5 Å². The van der Waals surface area contributed by atoms with Gasteiger partial charge in [0.25, 0.3) is 0 Å². The fourth-order valence-corrected chi connectivity index (χ4v) is 2.40. The van der Waals surface area contributed by atoms with Gasteiger partial charge in [0.05, 0.1) is 0 Å². The van der Waals surface area contributed by atoms with Gasteiger partial charge in [-0.15, -0.1) is 0 Å². The molecule has 2 nitrogen and oxygen atoms in total. The molecule has 1 N–H and O–H groups in total. The summed E-state index contributed by atoms with van der Waals surface area (Å²) in [5.74, 6) is 0.691. The smallest absolute Gasteiger partial charge is 0.123 e. The highest BCUT2D eigenvalue weighted by atomic mass is 19.1. The molecule has 94 valence electrons. The first-order valence-corrected chi connectivity index (χ1v) is 6.43. The highest BCUT2D eigenvalue weighted by Gasteiger charge is 2.13. The van der Waals surface area contributed by atoms with Crippen LogP contribution in [0.3, 0.4) is 0 Å². The van der Waals surface area contributed by atoms with Crippen molar-refractivity contribution >= 4 is 5.69 Å². The molecule has 1 aliphatic heterocycles. The van der Waals surface area contributed by atoms with Gasteiger partial charge in [-0.1, -0.05) is 0 Å². The van der Waals surface area contributed by atoms with Crippen LogP contribution in [0.15, 0.2) is 24.3 Å². The molecule has 1 aromatic carbocycles. The van der Waals surface area contributed by atoms with E-state index in [-0.39, 0.29) is 5.82 Å². The largest absolute Gasteiger partial charge is 0.375 e. The van der Waals surface area contributed by atoms with Crippen molar-refractivity contribution < 1.29 is 4.39 Å². The SMILES string of the molecule is CN(CCCC1CCNC1)c1ccc(F)cc1. The van der Waals surface area contributed by atoms with Crippen LogP contribution in [-0.4, -0.2) is 26.7 Å². The number of nitrogens with zero attached hydrogens (tertiary/aromatic N) is 1. The van der Waals surface area contributed by atoms with Crippen LogP contribution in [-0.2, 0) is 0 Å². The second-order valence-electron chi connectivity index (χ2n) is 4.90. The maximum Gasteiger partial charge on any atom is 0.123 e. The van der Waals surface area contributed by atoms with Gasteiger partial charge in [0.15, 0.2) is 0 Å². The second kappa shape index (κ2) is 6.01. The van der Waals surface area contributed by atoms with Gasteiger partial charge >= 0.3 is 0 Å². The van der Waals surface area contributed by atoms with Crippen molar-refractivity contribution in [3.05, 3.63) is 30.1 Å². The molecule has 1 saturated heterocycles. The van der Waals surface area contributed by atoms with E-state index in [0.29, 0.717) is 0 Å². The highest BCUT2D eigenvalue weighted by Crippen LogP contribution is 2.17. The molecule has 1 heterocycles. The highest BCUT2D eigenvalue weighted by molar-refractivity contribution is 5.45. The molecule has 0 aromatic heterocycles. The lowest BCUT2D eigenvalue weighted by Crippen LogP contribution is -2.19. The Morgan fingerprint density at radius 3 is 2.76 bits per heavy atom. The Bertz CT molecular complexity index is 331. The molecule has 2 rings (SSSR count). The Kier molecular flexibility index (Phi) is 4.37. The van der Waals surface area contributed by atoms with Crippen LogP contribution in [0.25, 0.3) is 0 Å². The van der Waals surface area contributed by atoms with E-state index < -0.39 is 0 Å². The molecule has 1 atom stereocenters. The van der Waals surface area contributed by atoms with Gasteiger partial charge in [-0.2, -0.15) is 0 Å². The van der Waals surface area contributed by atoms with E-state index in [1.54, 1.807) is 0 Å². The first kappa shape index (κ1) is 12.4. The summed E-state index contributed by atoms with van der Waals surface area (Å²) in [7, 11) is 2.07. The number of halogens is 1. The molecule has 1 aliphatic rings. The molecular weight excluding hydrogens is 215 g/mol. The second-order valence-corrected chi connectivity index (χ2v) is 4.90. The van der Waals surface area contributed by atoms with Gasteiger partial charge in [-0.05, 0) is 62.5 Å². The average Bonchev–Trinajstić information content (AvgIpc) is 2.83. The number of anilines is 1. The van der Waals surface area contributed by atoms with E-state index in [1.807, 2.05) is 12.1 Å². The fourth-order valence-electron chi connectivity index (χ4n) is 2.40. The molecule has 0 bridgehead atoms. The molecule has 0 radical (unpaired) electrons. The molecular formula is C14H21FN2. The first-order valence-electron chi connectivity index (χ1n) is 6.43. The maximum atomic E-state index is 12.8. The minimum Gasteiger partial charge on any atom is -0.375 e. The zero-order valence-electron chi connectivity index (χ0n) is 10.5. The van der Waals surface area contributed by atoms with Crippen molar-refractivity contribution in [2.75, 3.05) is 31.6 Å². The zero-order valence-corrected chi connectivity index (χ0v) is 10.5. The molecule has 0 saturated carbocycles. The van der Waals surface area contributed by atoms with Crippen LogP contribution in [0, 0.1) is 11.7 Å². The number of nitrogens with one attached hydrogen (secondary N) is 1. The predicted molar refractivity (Wildman–Crippen MR) is 69.9 cm³/mol. The number of hydrogen-bond donors (Lipinski definition) is 1. The van der Waals surface area contributed by atoms with Gasteiger partial charge in [0.1, 0.15) is 5.82 Å². The minimum absolute atomic E-state index is 0.167. The standard InChI is InChI=1S/C14H21FN2/c1-17(14-6-4-13(15)5-7-14)10-2-3-12-8-9-16-11-12/h4-7,12,16H,2-3,8-11H2,1H3. The molecule has 1 aromatic rings. The lowest BCUT2D eigenvalue weighted by molar-refractivity contribution is 0.510. The lowest BCUT2D eigenvalue weighted by atomic mass is 10.0. The molecule has 0 amide bonds. The molecule has 3 heteroatoms. The summed E-state index contributed by atoms with van der Waals surface area (Å²) in [6, 6.07) is 6.72. The minimum atomic E-state index is -0.167. The van der Waals surface area contributed by atoms with Crippen LogP contribution in [0.1, 0.15) is 19.3 Å². The van der Waals surface area contributed by atoms with Gasteiger partial charge < -0.3 is 10.2 Å². The number of hydrogen-bond acceptors (Lipinski definition) is 2. The predicted octanol–water partition coefficient (Wildman–Crippen LogP) is 2.65. The fraction of sp³-hybridized carbons (Fsp3) is 0.571. The first-order chi connectivity index (χ1) is 8.25. The van der Waals surface area contributed by atoms with Crippen LogP contribution in [0.2, 0.25) is 0 Å². The van der Waals surface area contributed by atoms with Gasteiger partial charge in [0.2, 0.25) is 0 Å². The van der Waals surface area contributed by atoms with Gasteiger partial charge in [-0.3, -0.25) is 0 Å². The van der Waals surface area contributed by atoms with Crippen LogP contribution in [0.4, 0.5) is 10.1 Å². The Morgan fingerprint density at radius 1 is 1.35 bits per heavy atom. The molecule has 0 aliphatic carbocycles. The average molecular weight is 236 g/mol. The van der Waals surface area contributed by atoms with Crippen molar-refractivity contribution in [1.29, 1.82) is 0 Å². The van der Waals surface area contributed by atoms with Crippen LogP contribution >= 0.6 is 0 Å². The monoisotopic (exact) mass is 236 g/mol.